The molecule has 0 bridgehead atoms. The zero-order valence-electron chi connectivity index (χ0n) is 11.0. The van der Waals surface area contributed by atoms with Crippen LogP contribution >= 0.6 is 0 Å². The lowest BCUT2D eigenvalue weighted by Crippen LogP contribution is -2.27. The first kappa shape index (κ1) is 16.2. The van der Waals surface area contributed by atoms with Crippen LogP contribution < -0.4 is 0 Å². The fourth-order valence-corrected chi connectivity index (χ4v) is 1.46. The van der Waals surface area contributed by atoms with Gasteiger partial charge in [-0.1, -0.05) is 20.3 Å². The van der Waals surface area contributed by atoms with Gasteiger partial charge in [0, 0.05) is 6.61 Å². The first-order valence-corrected chi connectivity index (χ1v) is 6.22. The highest BCUT2D eigenvalue weighted by Gasteiger charge is 2.14. The molecule has 0 aromatic rings. The lowest BCUT2D eigenvalue weighted by Gasteiger charge is -2.20. The minimum atomic E-state index is -1.26. The van der Waals surface area contributed by atoms with Gasteiger partial charge in [-0.15, -0.1) is 0 Å². The van der Waals surface area contributed by atoms with E-state index < -0.39 is 6.16 Å². The molecule has 0 fully saturated rings. The summed E-state index contributed by atoms with van der Waals surface area (Å²) >= 11 is 0. The van der Waals surface area contributed by atoms with E-state index in [1.807, 2.05) is 20.8 Å². The monoisotopic (exact) mass is 248 g/mol. The molecule has 0 aliphatic carbocycles. The van der Waals surface area contributed by atoms with Gasteiger partial charge in [-0.3, -0.25) is 0 Å². The van der Waals surface area contributed by atoms with Crippen molar-refractivity contribution in [2.75, 3.05) is 19.8 Å². The predicted molar refractivity (Wildman–Crippen MR) is 64.3 cm³/mol. The zero-order valence-corrected chi connectivity index (χ0v) is 11.0. The van der Waals surface area contributed by atoms with Gasteiger partial charge in [-0.2, -0.15) is 0 Å². The average Bonchev–Trinajstić information content (AvgIpc) is 2.30. The average molecular weight is 248 g/mol. The van der Waals surface area contributed by atoms with Crippen molar-refractivity contribution in [2.24, 2.45) is 0 Å². The van der Waals surface area contributed by atoms with Crippen LogP contribution in [0.25, 0.3) is 0 Å². The molecule has 0 aromatic heterocycles. The molecule has 2 unspecified atom stereocenters. The fourth-order valence-electron chi connectivity index (χ4n) is 1.46. The quantitative estimate of drug-likeness (QED) is 0.602. The van der Waals surface area contributed by atoms with Crippen LogP contribution in [-0.4, -0.2) is 43.3 Å². The van der Waals surface area contributed by atoms with Gasteiger partial charge in [-0.25, -0.2) is 4.79 Å². The summed E-state index contributed by atoms with van der Waals surface area (Å²) in [5, 5.41) is 8.44. The maximum atomic E-state index is 10.3. The normalized spacial score (nSPS) is 14.3. The number of carboxylic acid groups (broad SMARTS) is 1. The van der Waals surface area contributed by atoms with E-state index in [-0.39, 0.29) is 18.8 Å². The SMILES string of the molecule is CCCC(COC(=O)O)OCC(CC)OCC. The molecule has 102 valence electrons. The molecular weight excluding hydrogens is 224 g/mol. The summed E-state index contributed by atoms with van der Waals surface area (Å²) < 4.78 is 15.6. The van der Waals surface area contributed by atoms with Crippen LogP contribution in [0.5, 0.6) is 0 Å². The van der Waals surface area contributed by atoms with E-state index in [0.29, 0.717) is 13.2 Å². The molecule has 0 saturated carbocycles. The van der Waals surface area contributed by atoms with Crippen molar-refractivity contribution in [3.63, 3.8) is 0 Å². The van der Waals surface area contributed by atoms with Gasteiger partial charge in [0.2, 0.25) is 0 Å². The van der Waals surface area contributed by atoms with E-state index >= 15 is 0 Å². The second-order valence-corrected chi connectivity index (χ2v) is 3.81. The number of ether oxygens (including phenoxy) is 3. The van der Waals surface area contributed by atoms with Crippen LogP contribution in [-0.2, 0) is 14.2 Å². The molecule has 0 saturated heterocycles. The minimum absolute atomic E-state index is 0.0733. The van der Waals surface area contributed by atoms with Crippen molar-refractivity contribution in [1.82, 2.24) is 0 Å². The van der Waals surface area contributed by atoms with Crippen molar-refractivity contribution in [2.45, 2.75) is 52.2 Å². The number of hydrogen-bond donors (Lipinski definition) is 1. The van der Waals surface area contributed by atoms with E-state index in [4.69, 9.17) is 14.6 Å². The van der Waals surface area contributed by atoms with Crippen molar-refractivity contribution >= 4 is 6.16 Å². The molecule has 1 N–H and O–H groups in total. The van der Waals surface area contributed by atoms with Gasteiger partial charge < -0.3 is 19.3 Å². The zero-order chi connectivity index (χ0) is 13.1. The summed E-state index contributed by atoms with van der Waals surface area (Å²) in [6.45, 7) is 7.23. The van der Waals surface area contributed by atoms with Crippen molar-refractivity contribution in [3.8, 4) is 0 Å². The van der Waals surface area contributed by atoms with E-state index in [1.54, 1.807) is 0 Å². The van der Waals surface area contributed by atoms with Crippen LogP contribution in [0.15, 0.2) is 0 Å². The molecule has 0 aromatic carbocycles. The lowest BCUT2D eigenvalue weighted by atomic mass is 10.2. The van der Waals surface area contributed by atoms with Gasteiger partial charge in [0.05, 0.1) is 18.8 Å². The van der Waals surface area contributed by atoms with Crippen molar-refractivity contribution < 1.29 is 24.1 Å². The Bertz CT molecular complexity index is 195. The van der Waals surface area contributed by atoms with Gasteiger partial charge in [0.25, 0.3) is 0 Å². The van der Waals surface area contributed by atoms with E-state index in [2.05, 4.69) is 4.74 Å². The summed E-state index contributed by atoms with van der Waals surface area (Å²) in [4.78, 5) is 10.3. The number of hydrogen-bond acceptors (Lipinski definition) is 4. The first-order chi connectivity index (χ1) is 8.13. The highest BCUT2D eigenvalue weighted by molar-refractivity contribution is 5.56. The Kier molecular flexibility index (Phi) is 9.86. The molecule has 0 rings (SSSR count). The maximum Gasteiger partial charge on any atom is 0.505 e. The summed E-state index contributed by atoms with van der Waals surface area (Å²) in [5.41, 5.74) is 0. The third-order valence-corrected chi connectivity index (χ3v) is 2.38. The Hall–Kier alpha value is -0.810. The molecule has 17 heavy (non-hydrogen) atoms. The highest BCUT2D eigenvalue weighted by atomic mass is 16.7. The van der Waals surface area contributed by atoms with Crippen molar-refractivity contribution in [3.05, 3.63) is 0 Å². The first-order valence-electron chi connectivity index (χ1n) is 6.22. The Morgan fingerprint density at radius 2 is 1.82 bits per heavy atom. The molecule has 0 radical (unpaired) electrons. The molecule has 5 nitrogen and oxygen atoms in total. The number of carbonyl (C=O) groups is 1. The topological polar surface area (TPSA) is 65.0 Å². The fraction of sp³-hybridized carbons (Fsp3) is 0.917. The van der Waals surface area contributed by atoms with E-state index in [1.165, 1.54) is 0 Å². The van der Waals surface area contributed by atoms with E-state index in [0.717, 1.165) is 19.3 Å². The van der Waals surface area contributed by atoms with Gasteiger partial charge >= 0.3 is 6.16 Å². The Labute approximate surface area is 103 Å². The van der Waals surface area contributed by atoms with Gasteiger partial charge in [0.1, 0.15) is 6.61 Å². The van der Waals surface area contributed by atoms with Crippen LogP contribution in [0.1, 0.15) is 40.0 Å². The summed E-state index contributed by atoms with van der Waals surface area (Å²) in [5.74, 6) is 0. The van der Waals surface area contributed by atoms with Gasteiger partial charge in [0.15, 0.2) is 0 Å². The Morgan fingerprint density at radius 1 is 1.12 bits per heavy atom. The third kappa shape index (κ3) is 8.94. The molecule has 0 aliphatic rings. The van der Waals surface area contributed by atoms with Crippen LogP contribution in [0.4, 0.5) is 4.79 Å². The summed E-state index contributed by atoms with van der Waals surface area (Å²) in [6, 6.07) is 0. The molecule has 5 heteroatoms. The second-order valence-electron chi connectivity index (χ2n) is 3.81. The van der Waals surface area contributed by atoms with Gasteiger partial charge in [-0.05, 0) is 19.8 Å². The van der Waals surface area contributed by atoms with Crippen LogP contribution in [0, 0.1) is 0 Å². The van der Waals surface area contributed by atoms with E-state index in [9.17, 15) is 4.79 Å². The smallest absolute Gasteiger partial charge is 0.450 e. The molecule has 0 heterocycles. The minimum Gasteiger partial charge on any atom is -0.450 e. The van der Waals surface area contributed by atoms with Crippen LogP contribution in [0.3, 0.4) is 0 Å². The van der Waals surface area contributed by atoms with Crippen LogP contribution in [0.2, 0.25) is 0 Å². The Balaban J connectivity index is 3.92. The highest BCUT2D eigenvalue weighted by Crippen LogP contribution is 2.07. The molecule has 0 spiro atoms. The predicted octanol–water partition coefficient (Wildman–Crippen LogP) is 2.68. The Morgan fingerprint density at radius 3 is 2.29 bits per heavy atom. The summed E-state index contributed by atoms with van der Waals surface area (Å²) in [6.07, 6.45) is 1.24. The maximum absolute atomic E-state index is 10.3. The second kappa shape index (κ2) is 10.4. The van der Waals surface area contributed by atoms with Crippen molar-refractivity contribution in [1.29, 1.82) is 0 Å². The number of rotatable bonds is 10. The largest absolute Gasteiger partial charge is 0.505 e. The molecule has 0 amide bonds. The molecular formula is C12H24O5. The molecule has 2 atom stereocenters. The standard InChI is InChI=1S/C12H24O5/c1-4-7-11(9-17-12(13)14)16-8-10(5-2)15-6-3/h10-11H,4-9H2,1-3H3,(H,13,14). The summed E-state index contributed by atoms with van der Waals surface area (Å²) in [7, 11) is 0. The third-order valence-electron chi connectivity index (χ3n) is 2.38. The molecule has 0 aliphatic heterocycles. The lowest BCUT2D eigenvalue weighted by molar-refractivity contribution is -0.0640.